The lowest BCUT2D eigenvalue weighted by atomic mass is 10.2. The Bertz CT molecular complexity index is 307. The molecule has 18 heavy (non-hydrogen) atoms. The number of thioether (sulfide) groups is 1. The molecule has 1 rings (SSSR count). The maximum absolute atomic E-state index is 6.26. The van der Waals surface area contributed by atoms with E-state index in [1.165, 1.54) is 25.8 Å². The van der Waals surface area contributed by atoms with E-state index in [0.717, 1.165) is 13.2 Å². The van der Waals surface area contributed by atoms with Crippen LogP contribution in [0.2, 0.25) is 18.1 Å². The van der Waals surface area contributed by atoms with Gasteiger partial charge in [0.05, 0.1) is 6.61 Å². The average molecular weight is 289 g/mol. The van der Waals surface area contributed by atoms with Gasteiger partial charge in [0.15, 0.2) is 14.9 Å². The molecule has 2 nitrogen and oxygen atoms in total. The Morgan fingerprint density at radius 1 is 1.28 bits per heavy atom. The quantitative estimate of drug-likeness (QED) is 0.573. The van der Waals surface area contributed by atoms with Crippen LogP contribution >= 0.6 is 11.8 Å². The molecule has 106 valence electrons. The third-order valence-electron chi connectivity index (χ3n) is 4.29. The van der Waals surface area contributed by atoms with Crippen molar-refractivity contribution in [3.63, 3.8) is 0 Å². The maximum atomic E-state index is 6.26. The molecular weight excluding hydrogens is 258 g/mol. The van der Waals surface area contributed by atoms with Gasteiger partial charge in [-0.1, -0.05) is 32.5 Å². The summed E-state index contributed by atoms with van der Waals surface area (Å²) >= 11 is 1.92. The fraction of sp³-hybridized carbons (Fsp3) is 0.929. The first kappa shape index (κ1) is 16.3. The molecule has 0 N–H and O–H groups in total. The monoisotopic (exact) mass is 288 g/mol. The van der Waals surface area contributed by atoms with Crippen LogP contribution in [0.25, 0.3) is 0 Å². The van der Waals surface area contributed by atoms with E-state index >= 15 is 0 Å². The van der Waals surface area contributed by atoms with Crippen LogP contribution in [-0.4, -0.2) is 43.9 Å². The van der Waals surface area contributed by atoms with Crippen molar-refractivity contribution in [2.45, 2.75) is 58.2 Å². The Balaban J connectivity index is 2.49. The summed E-state index contributed by atoms with van der Waals surface area (Å²) in [6.45, 7) is 14.8. The Morgan fingerprint density at radius 3 is 2.50 bits per heavy atom. The first-order valence-electron chi connectivity index (χ1n) is 7.06. The number of hydrogen-bond donors (Lipinski definition) is 0. The average Bonchev–Trinajstić information content (AvgIpc) is 2.28. The molecule has 1 aliphatic rings. The molecule has 0 aromatic carbocycles. The van der Waals surface area contributed by atoms with Crippen LogP contribution in [0.15, 0.2) is 0 Å². The van der Waals surface area contributed by atoms with Gasteiger partial charge in [-0.3, -0.25) is 0 Å². The van der Waals surface area contributed by atoms with Gasteiger partial charge in [-0.05, 0) is 30.8 Å². The van der Waals surface area contributed by atoms with Crippen molar-refractivity contribution in [3.05, 3.63) is 0 Å². The Labute approximate surface area is 118 Å². The summed E-state index contributed by atoms with van der Waals surface area (Å²) in [7, 11) is -1.56. The van der Waals surface area contributed by atoms with Crippen LogP contribution in [0, 0.1) is 0 Å². The van der Waals surface area contributed by atoms with E-state index in [9.17, 15) is 0 Å². The van der Waals surface area contributed by atoms with Crippen molar-refractivity contribution >= 4 is 25.1 Å². The molecule has 0 unspecified atom stereocenters. The van der Waals surface area contributed by atoms with Crippen LogP contribution in [0.4, 0.5) is 0 Å². The van der Waals surface area contributed by atoms with E-state index in [2.05, 4.69) is 44.7 Å². The highest BCUT2D eigenvalue weighted by atomic mass is 32.2. The van der Waals surface area contributed by atoms with E-state index < -0.39 is 8.32 Å². The van der Waals surface area contributed by atoms with Crippen molar-refractivity contribution < 1.29 is 9.00 Å². The van der Waals surface area contributed by atoms with Crippen molar-refractivity contribution in [1.82, 2.24) is 0 Å². The molecule has 1 aliphatic heterocycles. The van der Waals surface area contributed by atoms with E-state index in [1.54, 1.807) is 5.04 Å². The van der Waals surface area contributed by atoms with Gasteiger partial charge in [-0.2, -0.15) is 0 Å². The Kier molecular flexibility index (Phi) is 5.94. The molecule has 0 fully saturated rings. The molecule has 0 aromatic heterocycles. The highest BCUT2D eigenvalue weighted by molar-refractivity contribution is 8.13. The molecule has 0 atom stereocenters. The third kappa shape index (κ3) is 4.39. The topological polar surface area (TPSA) is 12.2 Å². The van der Waals surface area contributed by atoms with Gasteiger partial charge < -0.3 is 4.43 Å². The fourth-order valence-electron chi connectivity index (χ4n) is 1.96. The van der Waals surface area contributed by atoms with Gasteiger partial charge >= 0.3 is 0 Å². The third-order valence-corrected chi connectivity index (χ3v) is 9.76. The highest BCUT2D eigenvalue weighted by Crippen LogP contribution is 2.36. The molecule has 0 amide bonds. The van der Waals surface area contributed by atoms with Gasteiger partial charge in [-0.25, -0.2) is 4.58 Å². The minimum Gasteiger partial charge on any atom is -0.410 e. The lowest BCUT2D eigenvalue weighted by Gasteiger charge is -2.35. The maximum Gasteiger partial charge on any atom is 0.210 e. The summed E-state index contributed by atoms with van der Waals surface area (Å²) in [5.74, 6) is 0. The van der Waals surface area contributed by atoms with E-state index in [-0.39, 0.29) is 0 Å². The highest BCUT2D eigenvalue weighted by Gasteiger charge is 2.37. The van der Waals surface area contributed by atoms with Gasteiger partial charge in [0.1, 0.15) is 6.54 Å². The second-order valence-electron chi connectivity index (χ2n) is 6.65. The number of rotatable bonds is 4. The SMILES string of the molecule is CSC1=[N+](CCO[Si](C)(C)C(C)(C)C)CCCC1. The van der Waals surface area contributed by atoms with Gasteiger partial charge in [0, 0.05) is 12.8 Å². The summed E-state index contributed by atoms with van der Waals surface area (Å²) < 4.78 is 8.79. The lowest BCUT2D eigenvalue weighted by molar-refractivity contribution is -0.532. The molecule has 0 spiro atoms. The Hall–Kier alpha value is 0.197. The minimum absolute atomic E-state index is 0.320. The van der Waals surface area contributed by atoms with Crippen molar-refractivity contribution in [3.8, 4) is 0 Å². The predicted molar refractivity (Wildman–Crippen MR) is 85.5 cm³/mol. The van der Waals surface area contributed by atoms with Gasteiger partial charge in [0.25, 0.3) is 0 Å². The van der Waals surface area contributed by atoms with Crippen molar-refractivity contribution in [1.29, 1.82) is 0 Å². The molecule has 0 aromatic rings. The standard InChI is InChI=1S/C14H30NOSSi/c1-14(2,3)18(5,6)16-12-11-15-10-8-7-9-13(15)17-4/h7-12H2,1-6H3/q+1. The molecule has 0 saturated heterocycles. The minimum atomic E-state index is -1.56. The van der Waals surface area contributed by atoms with Gasteiger partial charge in [0.2, 0.25) is 5.04 Å². The second kappa shape index (κ2) is 6.57. The first-order chi connectivity index (χ1) is 8.28. The van der Waals surface area contributed by atoms with Gasteiger partial charge in [-0.15, -0.1) is 0 Å². The van der Waals surface area contributed by atoms with Crippen LogP contribution in [0.1, 0.15) is 40.0 Å². The zero-order chi connectivity index (χ0) is 13.8. The lowest BCUT2D eigenvalue weighted by Crippen LogP contribution is -2.42. The summed E-state index contributed by atoms with van der Waals surface area (Å²) in [6, 6.07) is 0. The molecule has 0 radical (unpaired) electrons. The van der Waals surface area contributed by atoms with Crippen molar-refractivity contribution in [2.24, 2.45) is 0 Å². The molecule has 1 heterocycles. The van der Waals surface area contributed by atoms with Crippen LogP contribution in [0.3, 0.4) is 0 Å². The normalized spacial score (nSPS) is 18.3. The summed E-state index contributed by atoms with van der Waals surface area (Å²) in [4.78, 5) is 0. The zero-order valence-corrected chi connectivity index (χ0v) is 14.8. The Morgan fingerprint density at radius 2 is 1.94 bits per heavy atom. The fourth-order valence-corrected chi connectivity index (χ4v) is 3.78. The molecule has 0 saturated carbocycles. The van der Waals surface area contributed by atoms with E-state index in [4.69, 9.17) is 4.43 Å². The predicted octanol–water partition coefficient (Wildman–Crippen LogP) is 3.97. The van der Waals surface area contributed by atoms with Crippen LogP contribution < -0.4 is 0 Å². The van der Waals surface area contributed by atoms with E-state index in [1.807, 2.05) is 11.8 Å². The molecular formula is C14H30NOSSi+. The van der Waals surface area contributed by atoms with E-state index in [0.29, 0.717) is 5.04 Å². The molecule has 0 aliphatic carbocycles. The summed E-state index contributed by atoms with van der Waals surface area (Å²) in [6.07, 6.45) is 6.16. The summed E-state index contributed by atoms with van der Waals surface area (Å²) in [5.41, 5.74) is 0. The first-order valence-corrected chi connectivity index (χ1v) is 11.2. The largest absolute Gasteiger partial charge is 0.410 e. The summed E-state index contributed by atoms with van der Waals surface area (Å²) in [5, 5.41) is 1.88. The van der Waals surface area contributed by atoms with Crippen LogP contribution in [-0.2, 0) is 4.43 Å². The second-order valence-corrected chi connectivity index (χ2v) is 12.3. The smallest absolute Gasteiger partial charge is 0.210 e. The number of nitrogens with zero attached hydrogens (tertiary/aromatic N) is 1. The molecule has 4 heteroatoms. The van der Waals surface area contributed by atoms with Crippen LogP contribution in [0.5, 0.6) is 0 Å². The van der Waals surface area contributed by atoms with Crippen molar-refractivity contribution in [2.75, 3.05) is 26.0 Å². The molecule has 0 bridgehead atoms. The number of hydrogen-bond acceptors (Lipinski definition) is 2. The zero-order valence-electron chi connectivity index (χ0n) is 13.0.